The summed E-state index contributed by atoms with van der Waals surface area (Å²) in [6.07, 6.45) is -0.0648. The lowest BCUT2D eigenvalue weighted by Crippen LogP contribution is -2.52. The molecule has 33 heavy (non-hydrogen) atoms. The third kappa shape index (κ3) is 4.31. The van der Waals surface area contributed by atoms with Crippen molar-refractivity contribution in [2.24, 2.45) is 0 Å². The fourth-order valence-electron chi connectivity index (χ4n) is 4.26. The summed E-state index contributed by atoms with van der Waals surface area (Å²) in [6, 6.07) is 12.2. The van der Waals surface area contributed by atoms with Gasteiger partial charge >= 0.3 is 6.09 Å². The zero-order valence-electron chi connectivity index (χ0n) is 17.8. The number of hydrogen-bond donors (Lipinski definition) is 2. The molecule has 2 fully saturated rings. The minimum atomic E-state index is -0.656. The monoisotopic (exact) mass is 449 g/mol. The molecule has 3 aliphatic heterocycles. The number of amides is 4. The van der Waals surface area contributed by atoms with E-state index < -0.39 is 18.0 Å². The summed E-state index contributed by atoms with van der Waals surface area (Å²) in [7, 11) is 0. The van der Waals surface area contributed by atoms with Gasteiger partial charge in [0.15, 0.2) is 0 Å². The number of carbonyl (C=O) groups excluding carboxylic acids is 4. The van der Waals surface area contributed by atoms with Gasteiger partial charge in [0, 0.05) is 30.1 Å². The van der Waals surface area contributed by atoms with E-state index in [0.29, 0.717) is 35.7 Å². The molecular formula is C24H23N3O6. The van der Waals surface area contributed by atoms with Gasteiger partial charge in [-0.05, 0) is 41.3 Å². The molecule has 0 aromatic heterocycles. The number of fused-ring (bicyclic) bond motifs is 1. The summed E-state index contributed by atoms with van der Waals surface area (Å²) >= 11 is 0. The first kappa shape index (κ1) is 21.1. The summed E-state index contributed by atoms with van der Waals surface area (Å²) in [5.74, 6) is -0.606. The molecule has 2 aromatic carbocycles. The minimum Gasteiger partial charge on any atom is -0.444 e. The Kier molecular flexibility index (Phi) is 5.55. The van der Waals surface area contributed by atoms with Gasteiger partial charge in [0.2, 0.25) is 11.8 Å². The number of nitrogens with zero attached hydrogens (tertiary/aromatic N) is 1. The van der Waals surface area contributed by atoms with E-state index in [1.54, 1.807) is 18.2 Å². The molecule has 4 amide bonds. The molecule has 2 N–H and O–H groups in total. The SMILES string of the molecule is O=C1CCC(N2Cc3ccc(COC(=O)Nc4ccc(C5COC5)cc4)cc3C2=O)C(=O)N1. The van der Waals surface area contributed by atoms with Crippen molar-refractivity contribution in [3.63, 3.8) is 0 Å². The molecule has 170 valence electrons. The van der Waals surface area contributed by atoms with Crippen LogP contribution in [0, 0.1) is 0 Å². The minimum absolute atomic E-state index is 0.00229. The highest BCUT2D eigenvalue weighted by molar-refractivity contribution is 6.05. The van der Waals surface area contributed by atoms with Crippen molar-refractivity contribution in [2.45, 2.75) is 38.0 Å². The van der Waals surface area contributed by atoms with E-state index in [2.05, 4.69) is 10.6 Å². The molecule has 3 aliphatic rings. The van der Waals surface area contributed by atoms with E-state index in [4.69, 9.17) is 9.47 Å². The van der Waals surface area contributed by atoms with Gasteiger partial charge in [-0.3, -0.25) is 25.0 Å². The van der Waals surface area contributed by atoms with Crippen LogP contribution in [0.15, 0.2) is 42.5 Å². The van der Waals surface area contributed by atoms with E-state index in [-0.39, 0.29) is 24.8 Å². The van der Waals surface area contributed by atoms with Crippen molar-refractivity contribution in [1.82, 2.24) is 10.2 Å². The molecule has 0 saturated carbocycles. The second-order valence-electron chi connectivity index (χ2n) is 8.45. The first-order valence-electron chi connectivity index (χ1n) is 10.9. The number of nitrogens with one attached hydrogen (secondary N) is 2. The number of hydrogen-bond acceptors (Lipinski definition) is 6. The molecule has 3 heterocycles. The largest absolute Gasteiger partial charge is 0.444 e. The van der Waals surface area contributed by atoms with E-state index in [9.17, 15) is 19.2 Å². The van der Waals surface area contributed by atoms with Crippen LogP contribution in [0.3, 0.4) is 0 Å². The highest BCUT2D eigenvalue weighted by atomic mass is 16.5. The molecule has 5 rings (SSSR count). The summed E-state index contributed by atoms with van der Waals surface area (Å²) in [5.41, 5.74) is 3.76. The zero-order valence-corrected chi connectivity index (χ0v) is 17.8. The third-order valence-corrected chi connectivity index (χ3v) is 6.23. The van der Waals surface area contributed by atoms with E-state index in [1.165, 1.54) is 10.5 Å². The standard InChI is InChI=1S/C24H23N3O6/c28-21-8-7-20(22(29)26-21)27-10-16-2-1-14(9-19(16)23(27)30)11-33-24(31)25-18-5-3-15(4-6-18)17-12-32-13-17/h1-6,9,17,20H,7-8,10-13H2,(H,25,31)(H,26,28,29). The van der Waals surface area contributed by atoms with Gasteiger partial charge in [0.1, 0.15) is 12.6 Å². The van der Waals surface area contributed by atoms with Crippen LogP contribution in [0.2, 0.25) is 0 Å². The van der Waals surface area contributed by atoms with Gasteiger partial charge in [-0.1, -0.05) is 24.3 Å². The number of piperidine rings is 1. The molecule has 0 radical (unpaired) electrons. The number of ether oxygens (including phenoxy) is 2. The number of anilines is 1. The molecule has 0 aliphatic carbocycles. The Morgan fingerprint density at radius 2 is 1.91 bits per heavy atom. The van der Waals surface area contributed by atoms with Crippen molar-refractivity contribution in [1.29, 1.82) is 0 Å². The number of rotatable bonds is 5. The fraction of sp³-hybridized carbons (Fsp3) is 0.333. The topological polar surface area (TPSA) is 114 Å². The van der Waals surface area contributed by atoms with Gasteiger partial charge in [-0.25, -0.2) is 4.79 Å². The maximum absolute atomic E-state index is 12.9. The molecule has 9 nitrogen and oxygen atoms in total. The molecule has 1 atom stereocenters. The Labute approximate surface area is 190 Å². The van der Waals surface area contributed by atoms with Crippen LogP contribution in [-0.4, -0.2) is 48.0 Å². The maximum atomic E-state index is 12.9. The molecule has 9 heteroatoms. The highest BCUT2D eigenvalue weighted by Gasteiger charge is 2.39. The molecule has 2 saturated heterocycles. The van der Waals surface area contributed by atoms with Gasteiger partial charge < -0.3 is 14.4 Å². The van der Waals surface area contributed by atoms with Crippen molar-refractivity contribution in [3.8, 4) is 0 Å². The summed E-state index contributed by atoms with van der Waals surface area (Å²) in [5, 5.41) is 4.98. The Morgan fingerprint density at radius 3 is 2.61 bits per heavy atom. The van der Waals surface area contributed by atoms with Crippen LogP contribution in [0.25, 0.3) is 0 Å². The fourth-order valence-corrected chi connectivity index (χ4v) is 4.26. The van der Waals surface area contributed by atoms with Crippen LogP contribution >= 0.6 is 0 Å². The summed E-state index contributed by atoms with van der Waals surface area (Å²) in [6.45, 7) is 1.76. The van der Waals surface area contributed by atoms with Crippen LogP contribution in [0.5, 0.6) is 0 Å². The second-order valence-corrected chi connectivity index (χ2v) is 8.45. The van der Waals surface area contributed by atoms with Crippen molar-refractivity contribution < 1.29 is 28.7 Å². The zero-order chi connectivity index (χ0) is 22.9. The average molecular weight is 449 g/mol. The summed E-state index contributed by atoms with van der Waals surface area (Å²) < 4.78 is 10.5. The smallest absolute Gasteiger partial charge is 0.411 e. The van der Waals surface area contributed by atoms with Gasteiger partial charge in [0.25, 0.3) is 5.91 Å². The first-order chi connectivity index (χ1) is 16.0. The Balaban J connectivity index is 1.17. The van der Waals surface area contributed by atoms with Gasteiger partial charge in [0.05, 0.1) is 13.2 Å². The van der Waals surface area contributed by atoms with Crippen molar-refractivity contribution in [2.75, 3.05) is 18.5 Å². The Morgan fingerprint density at radius 1 is 1.12 bits per heavy atom. The van der Waals surface area contributed by atoms with Gasteiger partial charge in [-0.2, -0.15) is 0 Å². The average Bonchev–Trinajstić information content (AvgIpc) is 3.08. The number of imide groups is 1. The van der Waals surface area contributed by atoms with Crippen LogP contribution in [-0.2, 0) is 32.2 Å². The Bertz CT molecular complexity index is 1130. The lowest BCUT2D eigenvalue weighted by molar-refractivity contribution is -0.136. The molecular weight excluding hydrogens is 426 g/mol. The normalized spacial score (nSPS) is 20.2. The second kappa shape index (κ2) is 8.67. The predicted molar refractivity (Wildman–Crippen MR) is 116 cm³/mol. The molecule has 1 unspecified atom stereocenters. The van der Waals surface area contributed by atoms with Crippen LogP contribution < -0.4 is 10.6 Å². The lowest BCUT2D eigenvalue weighted by Gasteiger charge is -2.29. The van der Waals surface area contributed by atoms with E-state index >= 15 is 0 Å². The van der Waals surface area contributed by atoms with Crippen LogP contribution in [0.4, 0.5) is 10.5 Å². The maximum Gasteiger partial charge on any atom is 0.411 e. The number of benzene rings is 2. The third-order valence-electron chi connectivity index (χ3n) is 6.23. The van der Waals surface area contributed by atoms with Crippen molar-refractivity contribution >= 4 is 29.5 Å². The molecule has 0 bridgehead atoms. The van der Waals surface area contributed by atoms with Crippen molar-refractivity contribution in [3.05, 3.63) is 64.7 Å². The van der Waals surface area contributed by atoms with E-state index in [0.717, 1.165) is 18.8 Å². The first-order valence-corrected chi connectivity index (χ1v) is 10.9. The number of carbonyl (C=O) groups is 4. The quantitative estimate of drug-likeness (QED) is 0.677. The Hall–Kier alpha value is -3.72. The lowest BCUT2D eigenvalue weighted by atomic mass is 9.97. The van der Waals surface area contributed by atoms with Gasteiger partial charge in [-0.15, -0.1) is 0 Å². The van der Waals surface area contributed by atoms with Crippen LogP contribution in [0.1, 0.15) is 45.8 Å². The molecule has 2 aromatic rings. The summed E-state index contributed by atoms with van der Waals surface area (Å²) in [4.78, 5) is 50.1. The molecule has 0 spiro atoms. The highest BCUT2D eigenvalue weighted by Crippen LogP contribution is 2.28. The van der Waals surface area contributed by atoms with E-state index in [1.807, 2.05) is 24.3 Å². The predicted octanol–water partition coefficient (Wildman–Crippen LogP) is 2.31.